The minimum atomic E-state index is 0.103. The van der Waals surface area contributed by atoms with Crippen LogP contribution in [0.3, 0.4) is 0 Å². The maximum absolute atomic E-state index is 6.06. The largest absolute Gasteiger partial charge is 0.424 e. The lowest BCUT2D eigenvalue weighted by atomic mass is 9.97. The normalized spacial score (nSPS) is 13.3. The molecule has 0 fully saturated rings. The Kier molecular flexibility index (Phi) is 11.3. The molecule has 1 aromatic heterocycles. The second-order valence-electron chi connectivity index (χ2n) is 11.3. The van der Waals surface area contributed by atoms with E-state index in [0.717, 1.165) is 38.5 Å². The molecule has 222 valence electrons. The maximum Gasteiger partial charge on any atom is 0.331 e. The van der Waals surface area contributed by atoms with Crippen molar-refractivity contribution in [1.29, 1.82) is 0 Å². The molecule has 0 aliphatic carbocycles. The van der Waals surface area contributed by atoms with Crippen molar-refractivity contribution >= 4 is 0 Å². The Hall–Kier alpha value is -3.93. The van der Waals surface area contributed by atoms with Crippen molar-refractivity contribution in [3.8, 4) is 35.3 Å². The summed E-state index contributed by atoms with van der Waals surface area (Å²) in [6, 6.07) is 24.5. The van der Waals surface area contributed by atoms with Gasteiger partial charge in [0.05, 0.1) is 0 Å². The van der Waals surface area contributed by atoms with Crippen molar-refractivity contribution in [2.45, 2.75) is 97.8 Å². The van der Waals surface area contributed by atoms with Crippen LogP contribution in [0, 0.1) is 0 Å². The van der Waals surface area contributed by atoms with E-state index in [0.29, 0.717) is 35.0 Å². The molecular formula is C36H45N3O3. The van der Waals surface area contributed by atoms with Crippen molar-refractivity contribution < 1.29 is 14.2 Å². The third-order valence-electron chi connectivity index (χ3n) is 7.71. The van der Waals surface area contributed by atoms with E-state index in [4.69, 9.17) is 14.2 Å². The molecule has 0 aliphatic heterocycles. The summed E-state index contributed by atoms with van der Waals surface area (Å²) in [6.45, 7) is 13.3. The molecule has 0 unspecified atom stereocenters. The number of hydrogen-bond acceptors (Lipinski definition) is 6. The van der Waals surface area contributed by atoms with Gasteiger partial charge >= 0.3 is 18.0 Å². The number of ether oxygens (including phenoxy) is 3. The van der Waals surface area contributed by atoms with Gasteiger partial charge in [-0.15, -0.1) is 15.0 Å². The van der Waals surface area contributed by atoms with Crippen molar-refractivity contribution in [2.75, 3.05) is 0 Å². The van der Waals surface area contributed by atoms with Crippen LogP contribution in [0.1, 0.15) is 115 Å². The predicted molar refractivity (Wildman–Crippen MR) is 169 cm³/mol. The Balaban J connectivity index is 1.57. The van der Waals surface area contributed by atoms with Crippen LogP contribution in [-0.2, 0) is 0 Å². The molecule has 0 amide bonds. The van der Waals surface area contributed by atoms with Gasteiger partial charge in [0, 0.05) is 0 Å². The van der Waals surface area contributed by atoms with Gasteiger partial charge in [0.15, 0.2) is 0 Å². The number of benzene rings is 3. The van der Waals surface area contributed by atoms with Crippen LogP contribution in [0.5, 0.6) is 35.3 Å². The minimum Gasteiger partial charge on any atom is -0.424 e. The third kappa shape index (κ3) is 8.78. The Morgan fingerprint density at radius 2 is 0.667 bits per heavy atom. The second-order valence-corrected chi connectivity index (χ2v) is 11.3. The third-order valence-corrected chi connectivity index (χ3v) is 7.71. The average Bonchev–Trinajstić information content (AvgIpc) is 2.98. The summed E-state index contributed by atoms with van der Waals surface area (Å²) in [5.74, 6) is 3.38. The molecular weight excluding hydrogens is 522 g/mol. The molecule has 4 rings (SSSR count). The first-order valence-corrected chi connectivity index (χ1v) is 15.5. The average molecular weight is 568 g/mol. The lowest BCUT2D eigenvalue weighted by Gasteiger charge is -2.13. The molecule has 4 aromatic rings. The molecule has 0 N–H and O–H groups in total. The van der Waals surface area contributed by atoms with Gasteiger partial charge in [-0.2, -0.15) is 0 Å². The first-order valence-electron chi connectivity index (χ1n) is 15.5. The van der Waals surface area contributed by atoms with Crippen LogP contribution in [0.4, 0.5) is 0 Å². The summed E-state index contributed by atoms with van der Waals surface area (Å²) in [7, 11) is 0. The van der Waals surface area contributed by atoms with Crippen molar-refractivity contribution in [2.24, 2.45) is 0 Å². The molecule has 6 nitrogen and oxygen atoms in total. The van der Waals surface area contributed by atoms with Gasteiger partial charge in [0.2, 0.25) is 0 Å². The van der Waals surface area contributed by atoms with Gasteiger partial charge in [-0.3, -0.25) is 0 Å². The Morgan fingerprint density at radius 3 is 0.881 bits per heavy atom. The van der Waals surface area contributed by atoms with E-state index in [1.807, 2.05) is 36.4 Å². The number of nitrogens with zero attached hydrogens (tertiary/aromatic N) is 3. The van der Waals surface area contributed by atoms with E-state index >= 15 is 0 Å². The molecule has 0 spiro atoms. The van der Waals surface area contributed by atoms with Crippen LogP contribution >= 0.6 is 0 Å². The number of aromatic nitrogens is 3. The van der Waals surface area contributed by atoms with Crippen LogP contribution in [0.25, 0.3) is 0 Å². The molecule has 0 saturated carbocycles. The summed E-state index contributed by atoms with van der Waals surface area (Å²) in [4.78, 5) is 13.4. The van der Waals surface area contributed by atoms with E-state index in [-0.39, 0.29) is 18.0 Å². The van der Waals surface area contributed by atoms with Crippen molar-refractivity contribution in [1.82, 2.24) is 15.0 Å². The highest BCUT2D eigenvalue weighted by molar-refractivity contribution is 5.34. The lowest BCUT2D eigenvalue weighted by Crippen LogP contribution is -2.02. The van der Waals surface area contributed by atoms with E-state index in [9.17, 15) is 0 Å². The quantitative estimate of drug-likeness (QED) is 0.142. The highest BCUT2D eigenvalue weighted by Gasteiger charge is 2.15. The van der Waals surface area contributed by atoms with E-state index < -0.39 is 0 Å². The zero-order valence-corrected chi connectivity index (χ0v) is 26.0. The number of rotatable bonds is 15. The van der Waals surface area contributed by atoms with Crippen LogP contribution in [0.15, 0.2) is 72.8 Å². The van der Waals surface area contributed by atoms with E-state index in [1.165, 1.54) is 16.7 Å². The molecule has 0 aliphatic rings. The standard InChI is InChI=1S/C36H45N3O3/c1-7-10-25(4)28-13-19-31(20-14-28)40-34-37-35(41-32-21-15-29(16-22-32)26(5)11-8-2)39-36(38-34)42-33-23-17-30(18-24-33)27(6)12-9-3/h13-27H,7-12H2,1-6H3/t25-,26-,27+/m1/s1. The van der Waals surface area contributed by atoms with E-state index in [2.05, 4.69) is 92.9 Å². The smallest absolute Gasteiger partial charge is 0.331 e. The fourth-order valence-corrected chi connectivity index (χ4v) is 5.17. The van der Waals surface area contributed by atoms with Crippen LogP contribution in [0.2, 0.25) is 0 Å². The number of hydrogen-bond donors (Lipinski definition) is 0. The zero-order valence-electron chi connectivity index (χ0n) is 26.0. The monoisotopic (exact) mass is 567 g/mol. The molecule has 0 bridgehead atoms. The topological polar surface area (TPSA) is 66.4 Å². The van der Waals surface area contributed by atoms with Gasteiger partial charge in [0.25, 0.3) is 0 Å². The fraction of sp³-hybridized carbons (Fsp3) is 0.417. The zero-order chi connectivity index (χ0) is 29.9. The van der Waals surface area contributed by atoms with Crippen molar-refractivity contribution in [3.05, 3.63) is 89.5 Å². The SMILES string of the molecule is CCC[C@@H](C)c1ccc(Oc2nc(Oc3ccc([C@H](C)CCC)cc3)nc(Oc3ccc([C@@H](C)CCC)cc3)n2)cc1. The summed E-state index contributed by atoms with van der Waals surface area (Å²) in [5, 5.41) is 0. The van der Waals surface area contributed by atoms with Crippen LogP contribution in [-0.4, -0.2) is 15.0 Å². The molecule has 0 radical (unpaired) electrons. The molecule has 42 heavy (non-hydrogen) atoms. The Labute approximate surface area is 251 Å². The van der Waals surface area contributed by atoms with Gasteiger partial charge in [0.1, 0.15) is 17.2 Å². The van der Waals surface area contributed by atoms with Gasteiger partial charge in [-0.1, -0.05) is 97.2 Å². The fourth-order valence-electron chi connectivity index (χ4n) is 5.17. The van der Waals surface area contributed by atoms with Gasteiger partial charge < -0.3 is 14.2 Å². The molecule has 1 heterocycles. The summed E-state index contributed by atoms with van der Waals surface area (Å²) in [6.07, 6.45) is 6.88. The minimum absolute atomic E-state index is 0.103. The maximum atomic E-state index is 6.06. The van der Waals surface area contributed by atoms with E-state index in [1.54, 1.807) is 0 Å². The highest BCUT2D eigenvalue weighted by Crippen LogP contribution is 2.30. The lowest BCUT2D eigenvalue weighted by molar-refractivity contribution is 0.362. The first-order chi connectivity index (χ1) is 20.4. The van der Waals surface area contributed by atoms with Crippen LogP contribution < -0.4 is 14.2 Å². The highest BCUT2D eigenvalue weighted by atomic mass is 16.5. The molecule has 6 heteroatoms. The summed E-state index contributed by atoms with van der Waals surface area (Å²) < 4.78 is 18.2. The molecule has 0 saturated heterocycles. The predicted octanol–water partition coefficient (Wildman–Crippen LogP) is 11.0. The van der Waals surface area contributed by atoms with Gasteiger partial charge in [-0.05, 0) is 90.1 Å². The summed E-state index contributed by atoms with van der Waals surface area (Å²) in [5.41, 5.74) is 3.84. The summed E-state index contributed by atoms with van der Waals surface area (Å²) >= 11 is 0. The molecule has 3 atom stereocenters. The first kappa shape index (κ1) is 31.0. The Bertz CT molecular complexity index is 1190. The second kappa shape index (κ2) is 15.3. The molecule has 3 aromatic carbocycles. The van der Waals surface area contributed by atoms with Crippen molar-refractivity contribution in [3.63, 3.8) is 0 Å². The van der Waals surface area contributed by atoms with Gasteiger partial charge in [-0.25, -0.2) is 0 Å². The Morgan fingerprint density at radius 1 is 0.429 bits per heavy atom.